The molecule has 0 bridgehead atoms. The van der Waals surface area contributed by atoms with Crippen LogP contribution in [0.4, 0.5) is 0 Å². The number of hydrogen-bond acceptors (Lipinski definition) is 3. The summed E-state index contributed by atoms with van der Waals surface area (Å²) >= 11 is 0.318. The molecule has 1 aromatic rings. The summed E-state index contributed by atoms with van der Waals surface area (Å²) in [4.78, 5) is 11.1. The normalized spacial score (nSPS) is 10.4. The number of nitrogens with zero attached hydrogens (tertiary/aromatic N) is 2. The zero-order valence-electron chi connectivity index (χ0n) is 10.0. The van der Waals surface area contributed by atoms with E-state index in [4.69, 9.17) is 4.74 Å². The predicted molar refractivity (Wildman–Crippen MR) is 63.7 cm³/mol. The number of carbonyl (C=O) groups is 1. The van der Waals surface area contributed by atoms with Crippen molar-refractivity contribution in [3.8, 4) is 0 Å². The van der Waals surface area contributed by atoms with E-state index in [0.717, 1.165) is 17.6 Å². The fourth-order valence-electron chi connectivity index (χ4n) is 1.41. The van der Waals surface area contributed by atoms with Crippen molar-refractivity contribution in [1.82, 2.24) is 9.78 Å². The van der Waals surface area contributed by atoms with Gasteiger partial charge in [-0.15, -0.1) is 0 Å². The number of carbonyl (C=O) groups excluding carboxylic acids is 1. The van der Waals surface area contributed by atoms with E-state index in [1.54, 1.807) is 0 Å². The van der Waals surface area contributed by atoms with Crippen LogP contribution < -0.4 is 0 Å². The van der Waals surface area contributed by atoms with Crippen molar-refractivity contribution in [1.29, 1.82) is 0 Å². The quantitative estimate of drug-likeness (QED) is 0.454. The van der Waals surface area contributed by atoms with Crippen LogP contribution in [-0.4, -0.2) is 37.3 Å². The van der Waals surface area contributed by atoms with Crippen LogP contribution in [0.2, 0.25) is 10.6 Å². The SMILES string of the molecule is CCOC(=O)C[Se]CCn1nc(C)cc1C. The third-order valence-corrected chi connectivity index (χ3v) is 3.99. The number of rotatable bonds is 6. The Morgan fingerprint density at radius 1 is 1.56 bits per heavy atom. The first-order chi connectivity index (χ1) is 7.63. The summed E-state index contributed by atoms with van der Waals surface area (Å²) in [6.45, 7) is 7.26. The third-order valence-electron chi connectivity index (χ3n) is 2.08. The van der Waals surface area contributed by atoms with Gasteiger partial charge >= 0.3 is 102 Å². The number of ether oxygens (including phenoxy) is 1. The Labute approximate surface area is 103 Å². The maximum atomic E-state index is 11.1. The second kappa shape index (κ2) is 6.71. The van der Waals surface area contributed by atoms with Crippen molar-refractivity contribution < 1.29 is 9.53 Å². The summed E-state index contributed by atoms with van der Waals surface area (Å²) in [5, 5.41) is 5.96. The van der Waals surface area contributed by atoms with Gasteiger partial charge in [-0.05, 0) is 0 Å². The van der Waals surface area contributed by atoms with Gasteiger partial charge in [0, 0.05) is 0 Å². The van der Waals surface area contributed by atoms with Crippen LogP contribution in [0.5, 0.6) is 0 Å². The molecule has 0 unspecified atom stereocenters. The summed E-state index contributed by atoms with van der Waals surface area (Å²) in [7, 11) is 0. The second-order valence-electron chi connectivity index (χ2n) is 3.51. The van der Waals surface area contributed by atoms with Crippen molar-refractivity contribution >= 4 is 20.9 Å². The fourth-order valence-corrected chi connectivity index (χ4v) is 2.87. The van der Waals surface area contributed by atoms with Crippen molar-refractivity contribution in [3.63, 3.8) is 0 Å². The monoisotopic (exact) mass is 290 g/mol. The zero-order chi connectivity index (χ0) is 12.0. The van der Waals surface area contributed by atoms with Gasteiger partial charge in [0.25, 0.3) is 0 Å². The van der Waals surface area contributed by atoms with Crippen LogP contribution in [0.3, 0.4) is 0 Å². The molecule has 0 aliphatic carbocycles. The first-order valence-corrected chi connectivity index (χ1v) is 7.80. The molecule has 1 aromatic heterocycles. The Morgan fingerprint density at radius 3 is 2.88 bits per heavy atom. The van der Waals surface area contributed by atoms with Crippen molar-refractivity contribution in [3.05, 3.63) is 17.5 Å². The van der Waals surface area contributed by atoms with Gasteiger partial charge in [0.1, 0.15) is 0 Å². The van der Waals surface area contributed by atoms with Crippen LogP contribution in [0.1, 0.15) is 18.3 Å². The average molecular weight is 289 g/mol. The topological polar surface area (TPSA) is 44.1 Å². The summed E-state index contributed by atoms with van der Waals surface area (Å²) in [5.74, 6) is -0.0733. The summed E-state index contributed by atoms with van der Waals surface area (Å²) in [5.41, 5.74) is 2.24. The Hall–Kier alpha value is -0.801. The van der Waals surface area contributed by atoms with Crippen LogP contribution in [0.25, 0.3) is 0 Å². The Bertz CT molecular complexity index is 350. The Balaban J connectivity index is 2.21. The maximum absolute atomic E-state index is 11.1. The van der Waals surface area contributed by atoms with Crippen molar-refractivity contribution in [2.45, 2.75) is 38.0 Å². The van der Waals surface area contributed by atoms with E-state index >= 15 is 0 Å². The van der Waals surface area contributed by atoms with Crippen molar-refractivity contribution in [2.24, 2.45) is 0 Å². The number of aryl methyl sites for hydroxylation is 3. The Morgan fingerprint density at radius 2 is 2.31 bits per heavy atom. The molecule has 0 saturated carbocycles. The fraction of sp³-hybridized carbons (Fsp3) is 0.636. The summed E-state index contributed by atoms with van der Waals surface area (Å²) < 4.78 is 6.88. The molecule has 0 radical (unpaired) electrons. The van der Waals surface area contributed by atoms with Crippen LogP contribution in [-0.2, 0) is 16.1 Å². The molecule has 90 valence electrons. The molecule has 0 amide bonds. The number of hydrogen-bond donors (Lipinski definition) is 0. The minimum atomic E-state index is -0.0733. The Kier molecular flexibility index (Phi) is 5.56. The summed E-state index contributed by atoms with van der Waals surface area (Å²) in [6, 6.07) is 2.07. The van der Waals surface area contributed by atoms with E-state index < -0.39 is 0 Å². The molecule has 0 aliphatic rings. The van der Waals surface area contributed by atoms with Crippen molar-refractivity contribution in [2.75, 3.05) is 6.61 Å². The van der Waals surface area contributed by atoms with Gasteiger partial charge in [-0.3, -0.25) is 0 Å². The zero-order valence-corrected chi connectivity index (χ0v) is 11.7. The molecule has 0 N–H and O–H groups in total. The van der Waals surface area contributed by atoms with Crippen LogP contribution in [0, 0.1) is 13.8 Å². The first-order valence-electron chi connectivity index (χ1n) is 5.38. The molecule has 0 atom stereocenters. The molecule has 0 fully saturated rings. The van der Waals surface area contributed by atoms with Gasteiger partial charge in [-0.25, -0.2) is 0 Å². The van der Waals surface area contributed by atoms with E-state index in [0.29, 0.717) is 26.9 Å². The molecule has 16 heavy (non-hydrogen) atoms. The molecule has 0 aliphatic heterocycles. The van der Waals surface area contributed by atoms with E-state index in [-0.39, 0.29) is 5.97 Å². The molecule has 1 heterocycles. The van der Waals surface area contributed by atoms with Gasteiger partial charge in [0.15, 0.2) is 0 Å². The third kappa shape index (κ3) is 4.37. The summed E-state index contributed by atoms with van der Waals surface area (Å²) in [6.07, 6.45) is 0. The van der Waals surface area contributed by atoms with Gasteiger partial charge in [-0.1, -0.05) is 0 Å². The van der Waals surface area contributed by atoms with Gasteiger partial charge in [-0.2, -0.15) is 0 Å². The van der Waals surface area contributed by atoms with Crippen LogP contribution >= 0.6 is 0 Å². The molecule has 0 spiro atoms. The molecule has 4 nitrogen and oxygen atoms in total. The van der Waals surface area contributed by atoms with E-state index in [9.17, 15) is 4.79 Å². The molecule has 0 aromatic carbocycles. The standard InChI is InChI=1S/C11H18N2O2Se/c1-4-15-11(14)8-16-6-5-13-10(3)7-9(2)12-13/h7H,4-6,8H2,1-3H3. The minimum absolute atomic E-state index is 0.0733. The second-order valence-corrected chi connectivity index (χ2v) is 5.83. The van der Waals surface area contributed by atoms with Gasteiger partial charge in [0.05, 0.1) is 0 Å². The van der Waals surface area contributed by atoms with Gasteiger partial charge < -0.3 is 0 Å². The molecular weight excluding hydrogens is 271 g/mol. The average Bonchev–Trinajstić information content (AvgIpc) is 2.53. The van der Waals surface area contributed by atoms with Crippen LogP contribution in [0.15, 0.2) is 6.07 Å². The first kappa shape index (κ1) is 13.3. The van der Waals surface area contributed by atoms with E-state index in [2.05, 4.69) is 18.1 Å². The molecule has 5 heteroatoms. The van der Waals surface area contributed by atoms with Gasteiger partial charge in [0.2, 0.25) is 0 Å². The molecule has 1 rings (SSSR count). The molecular formula is C11H18N2O2Se. The molecule has 0 saturated heterocycles. The van der Waals surface area contributed by atoms with E-state index in [1.807, 2.05) is 18.5 Å². The predicted octanol–water partition coefficient (Wildman–Crippen LogP) is 1.60. The number of aromatic nitrogens is 2. The van der Waals surface area contributed by atoms with E-state index in [1.165, 1.54) is 5.69 Å². The number of esters is 1.